The molecular weight excluding hydrogens is 314 g/mol. The Hall–Kier alpha value is -2.10. The van der Waals surface area contributed by atoms with Crippen LogP contribution in [-0.4, -0.2) is 23.9 Å². The summed E-state index contributed by atoms with van der Waals surface area (Å²) in [6.45, 7) is 5.63. The lowest BCUT2D eigenvalue weighted by Gasteiger charge is -2.24. The molecule has 3 rings (SSSR count). The van der Waals surface area contributed by atoms with Crippen molar-refractivity contribution in [2.24, 2.45) is 0 Å². The number of fused-ring (bicyclic) bond motifs is 1. The SMILES string of the molecule is Cc1ccc2c(C)c(CCC(=O)N3CCCCCCC3)c(=O)oc2c1. The lowest BCUT2D eigenvalue weighted by molar-refractivity contribution is -0.131. The van der Waals surface area contributed by atoms with Crippen LogP contribution in [0, 0.1) is 13.8 Å². The second-order valence-electron chi connectivity index (χ2n) is 7.14. The zero-order valence-corrected chi connectivity index (χ0v) is 15.3. The molecule has 134 valence electrons. The second kappa shape index (κ2) is 7.85. The van der Waals surface area contributed by atoms with E-state index in [9.17, 15) is 9.59 Å². The molecule has 0 saturated carbocycles. The van der Waals surface area contributed by atoms with Gasteiger partial charge in [-0.05, 0) is 50.3 Å². The average molecular weight is 341 g/mol. The van der Waals surface area contributed by atoms with E-state index in [1.807, 2.05) is 36.9 Å². The van der Waals surface area contributed by atoms with Crippen LogP contribution < -0.4 is 5.63 Å². The van der Waals surface area contributed by atoms with Crippen LogP contribution in [0.5, 0.6) is 0 Å². The van der Waals surface area contributed by atoms with Crippen molar-refractivity contribution in [2.75, 3.05) is 13.1 Å². The number of rotatable bonds is 3. The molecule has 1 aliphatic rings. The Morgan fingerprint density at radius 2 is 1.76 bits per heavy atom. The number of carbonyl (C=O) groups is 1. The fourth-order valence-electron chi connectivity index (χ4n) is 3.68. The van der Waals surface area contributed by atoms with Gasteiger partial charge in [-0.3, -0.25) is 4.79 Å². The number of aryl methyl sites for hydroxylation is 2. The van der Waals surface area contributed by atoms with Gasteiger partial charge in [0, 0.05) is 30.5 Å². The first kappa shape index (κ1) is 17.7. The number of amides is 1. The largest absolute Gasteiger partial charge is 0.423 e. The molecule has 2 heterocycles. The van der Waals surface area contributed by atoms with E-state index in [1.54, 1.807) is 0 Å². The third-order valence-corrected chi connectivity index (χ3v) is 5.24. The molecule has 2 aromatic rings. The van der Waals surface area contributed by atoms with Crippen LogP contribution in [0.15, 0.2) is 27.4 Å². The number of carbonyl (C=O) groups excluding carboxylic acids is 1. The minimum absolute atomic E-state index is 0.157. The standard InChI is InChI=1S/C21H27NO3/c1-15-8-9-17-16(2)18(21(24)25-19(17)14-15)10-11-20(23)22-12-6-4-3-5-7-13-22/h8-9,14H,3-7,10-13H2,1-2H3. The van der Waals surface area contributed by atoms with Crippen molar-refractivity contribution in [2.45, 2.75) is 58.8 Å². The van der Waals surface area contributed by atoms with E-state index in [0.717, 1.165) is 42.4 Å². The predicted octanol–water partition coefficient (Wildman–Crippen LogP) is 4.14. The molecule has 0 aliphatic carbocycles. The van der Waals surface area contributed by atoms with Gasteiger partial charge in [0.05, 0.1) is 0 Å². The zero-order chi connectivity index (χ0) is 17.8. The highest BCUT2D eigenvalue weighted by Gasteiger charge is 2.17. The van der Waals surface area contributed by atoms with Gasteiger partial charge in [-0.2, -0.15) is 0 Å². The minimum atomic E-state index is -0.309. The molecule has 0 unspecified atom stereocenters. The smallest absolute Gasteiger partial charge is 0.339 e. The van der Waals surface area contributed by atoms with Crippen LogP contribution in [0.25, 0.3) is 11.0 Å². The molecule has 0 radical (unpaired) electrons. The van der Waals surface area contributed by atoms with Crippen LogP contribution in [0.2, 0.25) is 0 Å². The topological polar surface area (TPSA) is 50.5 Å². The van der Waals surface area contributed by atoms with Gasteiger partial charge in [0.2, 0.25) is 5.91 Å². The molecule has 0 atom stereocenters. The maximum atomic E-state index is 12.6. The Balaban J connectivity index is 1.75. The normalized spacial score (nSPS) is 15.8. The summed E-state index contributed by atoms with van der Waals surface area (Å²) in [7, 11) is 0. The molecule has 1 saturated heterocycles. The molecule has 25 heavy (non-hydrogen) atoms. The number of hydrogen-bond donors (Lipinski definition) is 0. The van der Waals surface area contributed by atoms with Crippen molar-refractivity contribution < 1.29 is 9.21 Å². The maximum absolute atomic E-state index is 12.6. The predicted molar refractivity (Wildman–Crippen MR) is 99.9 cm³/mol. The number of likely N-dealkylation sites (tertiary alicyclic amines) is 1. The maximum Gasteiger partial charge on any atom is 0.339 e. The highest BCUT2D eigenvalue weighted by molar-refractivity contribution is 5.82. The van der Waals surface area contributed by atoms with Gasteiger partial charge in [0.15, 0.2) is 0 Å². The van der Waals surface area contributed by atoms with E-state index in [2.05, 4.69) is 0 Å². The van der Waals surface area contributed by atoms with Crippen LogP contribution >= 0.6 is 0 Å². The Morgan fingerprint density at radius 3 is 2.48 bits per heavy atom. The van der Waals surface area contributed by atoms with Gasteiger partial charge in [0.1, 0.15) is 5.58 Å². The van der Waals surface area contributed by atoms with Crippen molar-refractivity contribution in [1.82, 2.24) is 4.90 Å². The van der Waals surface area contributed by atoms with Gasteiger partial charge in [-0.1, -0.05) is 31.4 Å². The molecule has 4 nitrogen and oxygen atoms in total. The van der Waals surface area contributed by atoms with Crippen molar-refractivity contribution in [1.29, 1.82) is 0 Å². The Morgan fingerprint density at radius 1 is 1.08 bits per heavy atom. The quantitative estimate of drug-likeness (QED) is 0.789. The molecule has 0 N–H and O–H groups in total. The van der Waals surface area contributed by atoms with Crippen LogP contribution in [0.3, 0.4) is 0 Å². The fourth-order valence-corrected chi connectivity index (χ4v) is 3.68. The first-order valence-corrected chi connectivity index (χ1v) is 9.37. The summed E-state index contributed by atoms with van der Waals surface area (Å²) in [5.74, 6) is 0.157. The zero-order valence-electron chi connectivity index (χ0n) is 15.3. The average Bonchev–Trinajstić information content (AvgIpc) is 2.53. The molecule has 4 heteroatoms. The van der Waals surface area contributed by atoms with E-state index in [0.29, 0.717) is 24.0 Å². The van der Waals surface area contributed by atoms with Gasteiger partial charge >= 0.3 is 5.63 Å². The highest BCUT2D eigenvalue weighted by atomic mass is 16.4. The van der Waals surface area contributed by atoms with Crippen molar-refractivity contribution in [3.05, 3.63) is 45.3 Å². The molecule has 1 fully saturated rings. The Bertz CT molecular complexity index is 814. The van der Waals surface area contributed by atoms with E-state index < -0.39 is 0 Å². The number of benzene rings is 1. The number of nitrogens with zero attached hydrogens (tertiary/aromatic N) is 1. The van der Waals surface area contributed by atoms with Crippen LogP contribution in [0.1, 0.15) is 55.2 Å². The van der Waals surface area contributed by atoms with Crippen molar-refractivity contribution in [3.8, 4) is 0 Å². The molecule has 1 aliphatic heterocycles. The van der Waals surface area contributed by atoms with Crippen LogP contribution in [0.4, 0.5) is 0 Å². The van der Waals surface area contributed by atoms with Gasteiger partial charge < -0.3 is 9.32 Å². The monoisotopic (exact) mass is 341 g/mol. The third-order valence-electron chi connectivity index (χ3n) is 5.24. The summed E-state index contributed by atoms with van der Waals surface area (Å²) >= 11 is 0. The summed E-state index contributed by atoms with van der Waals surface area (Å²) < 4.78 is 5.49. The second-order valence-corrected chi connectivity index (χ2v) is 7.14. The minimum Gasteiger partial charge on any atom is -0.423 e. The lowest BCUT2D eigenvalue weighted by Crippen LogP contribution is -2.34. The Labute approximate surface area is 148 Å². The molecule has 0 bridgehead atoms. The van der Waals surface area contributed by atoms with Gasteiger partial charge in [-0.15, -0.1) is 0 Å². The summed E-state index contributed by atoms with van der Waals surface area (Å²) in [6, 6.07) is 5.90. The number of hydrogen-bond acceptors (Lipinski definition) is 3. The third kappa shape index (κ3) is 4.12. The lowest BCUT2D eigenvalue weighted by atomic mass is 10.0. The molecule has 0 spiro atoms. The highest BCUT2D eigenvalue weighted by Crippen LogP contribution is 2.21. The Kier molecular flexibility index (Phi) is 5.57. The molecule has 1 aromatic carbocycles. The first-order valence-electron chi connectivity index (χ1n) is 9.37. The summed E-state index contributed by atoms with van der Waals surface area (Å²) in [4.78, 5) is 26.9. The van der Waals surface area contributed by atoms with Crippen LogP contribution in [-0.2, 0) is 11.2 Å². The van der Waals surface area contributed by atoms with E-state index in [-0.39, 0.29) is 11.5 Å². The van der Waals surface area contributed by atoms with Gasteiger partial charge in [-0.25, -0.2) is 4.79 Å². The molecule has 1 aromatic heterocycles. The van der Waals surface area contributed by atoms with E-state index in [1.165, 1.54) is 19.3 Å². The summed E-state index contributed by atoms with van der Waals surface area (Å²) in [5, 5.41) is 0.957. The van der Waals surface area contributed by atoms with E-state index >= 15 is 0 Å². The summed E-state index contributed by atoms with van der Waals surface area (Å²) in [5.41, 5.74) is 2.95. The molecular formula is C21H27NO3. The fraction of sp³-hybridized carbons (Fsp3) is 0.524. The first-order chi connectivity index (χ1) is 12.1. The molecule has 1 amide bonds. The van der Waals surface area contributed by atoms with Crippen molar-refractivity contribution in [3.63, 3.8) is 0 Å². The van der Waals surface area contributed by atoms with Crippen molar-refractivity contribution >= 4 is 16.9 Å². The van der Waals surface area contributed by atoms with E-state index in [4.69, 9.17) is 4.42 Å². The summed E-state index contributed by atoms with van der Waals surface area (Å²) in [6.07, 6.45) is 6.69. The van der Waals surface area contributed by atoms with Gasteiger partial charge in [0.25, 0.3) is 0 Å².